The Morgan fingerprint density at radius 2 is 1.94 bits per heavy atom. The Bertz CT molecular complexity index is 491. The minimum Gasteiger partial charge on any atom is -0.496 e. The fraction of sp³-hybridized carbons (Fsp3) is 0.286. The molecule has 0 heterocycles. The molecule has 0 spiro atoms. The summed E-state index contributed by atoms with van der Waals surface area (Å²) in [6.45, 7) is 2.13. The second-order valence-corrected chi connectivity index (χ2v) is 3.99. The molecule has 2 aromatic rings. The average Bonchev–Trinajstić information content (AvgIpc) is 2.36. The molecule has 84 valence electrons. The Balaban J connectivity index is 2.72. The third-order valence-corrected chi connectivity index (χ3v) is 2.92. The van der Waals surface area contributed by atoms with Gasteiger partial charge in [-0.2, -0.15) is 0 Å². The predicted molar refractivity (Wildman–Crippen MR) is 66.0 cm³/mol. The van der Waals surface area contributed by atoms with Gasteiger partial charge in [0.25, 0.3) is 0 Å². The summed E-state index contributed by atoms with van der Waals surface area (Å²) >= 11 is 0. The fourth-order valence-electron chi connectivity index (χ4n) is 2.05. The lowest BCUT2D eigenvalue weighted by Crippen LogP contribution is -2.02. The van der Waals surface area contributed by atoms with Gasteiger partial charge in [-0.3, -0.25) is 0 Å². The van der Waals surface area contributed by atoms with Crippen LogP contribution in [0.2, 0.25) is 0 Å². The molecule has 0 aliphatic carbocycles. The van der Waals surface area contributed by atoms with Crippen LogP contribution in [0.4, 0.5) is 0 Å². The van der Waals surface area contributed by atoms with Crippen LogP contribution in [-0.2, 0) is 0 Å². The molecule has 0 aliphatic rings. The van der Waals surface area contributed by atoms with Crippen molar-refractivity contribution in [3.63, 3.8) is 0 Å². The van der Waals surface area contributed by atoms with Crippen LogP contribution in [0.25, 0.3) is 10.8 Å². The van der Waals surface area contributed by atoms with Crippen LogP contribution >= 0.6 is 0 Å². The Kier molecular flexibility index (Phi) is 3.11. The zero-order valence-electron chi connectivity index (χ0n) is 9.60. The van der Waals surface area contributed by atoms with Gasteiger partial charge < -0.3 is 9.84 Å². The van der Waals surface area contributed by atoms with Crippen LogP contribution in [0.15, 0.2) is 36.4 Å². The third-order valence-electron chi connectivity index (χ3n) is 2.92. The van der Waals surface area contributed by atoms with Crippen molar-refractivity contribution in [2.45, 2.75) is 12.8 Å². The van der Waals surface area contributed by atoms with E-state index < -0.39 is 0 Å². The SMILES string of the molecule is COc1ccc2ccccc2c1C(C)CO. The van der Waals surface area contributed by atoms with E-state index in [1.807, 2.05) is 31.2 Å². The second-order valence-electron chi connectivity index (χ2n) is 3.99. The zero-order chi connectivity index (χ0) is 11.5. The molecule has 1 N–H and O–H groups in total. The van der Waals surface area contributed by atoms with Crippen molar-refractivity contribution >= 4 is 10.8 Å². The minimum atomic E-state index is 0.0843. The van der Waals surface area contributed by atoms with E-state index in [1.165, 1.54) is 5.39 Å². The van der Waals surface area contributed by atoms with Crippen LogP contribution in [0.3, 0.4) is 0 Å². The molecule has 2 heteroatoms. The maximum absolute atomic E-state index is 9.31. The first-order chi connectivity index (χ1) is 7.77. The van der Waals surface area contributed by atoms with E-state index in [9.17, 15) is 5.11 Å². The highest BCUT2D eigenvalue weighted by molar-refractivity contribution is 5.88. The summed E-state index contributed by atoms with van der Waals surface area (Å²) in [4.78, 5) is 0. The first kappa shape index (κ1) is 11.0. The standard InChI is InChI=1S/C14H16O2/c1-10(9-15)14-12-6-4-3-5-11(12)7-8-13(14)16-2/h3-8,10,15H,9H2,1-2H3. The number of rotatable bonds is 3. The van der Waals surface area contributed by atoms with Gasteiger partial charge >= 0.3 is 0 Å². The molecular weight excluding hydrogens is 200 g/mol. The van der Waals surface area contributed by atoms with Gasteiger partial charge in [0, 0.05) is 18.1 Å². The number of benzene rings is 2. The molecule has 0 bridgehead atoms. The highest BCUT2D eigenvalue weighted by atomic mass is 16.5. The van der Waals surface area contributed by atoms with Crippen LogP contribution in [0, 0.1) is 0 Å². The molecule has 0 saturated heterocycles. The lowest BCUT2D eigenvalue weighted by molar-refractivity contribution is 0.270. The van der Waals surface area contributed by atoms with Gasteiger partial charge in [-0.05, 0) is 16.8 Å². The molecule has 0 aromatic heterocycles. The van der Waals surface area contributed by atoms with Crippen molar-refractivity contribution in [1.29, 1.82) is 0 Å². The van der Waals surface area contributed by atoms with Crippen molar-refractivity contribution in [2.24, 2.45) is 0 Å². The smallest absolute Gasteiger partial charge is 0.123 e. The zero-order valence-corrected chi connectivity index (χ0v) is 9.60. The first-order valence-electron chi connectivity index (χ1n) is 5.44. The quantitative estimate of drug-likeness (QED) is 0.854. The van der Waals surface area contributed by atoms with E-state index in [2.05, 4.69) is 12.1 Å². The summed E-state index contributed by atoms with van der Waals surface area (Å²) in [5.74, 6) is 0.932. The number of aliphatic hydroxyl groups is 1. The van der Waals surface area contributed by atoms with E-state index in [-0.39, 0.29) is 12.5 Å². The van der Waals surface area contributed by atoms with Crippen molar-refractivity contribution in [1.82, 2.24) is 0 Å². The van der Waals surface area contributed by atoms with Crippen LogP contribution in [0.5, 0.6) is 5.75 Å². The topological polar surface area (TPSA) is 29.5 Å². The molecule has 2 rings (SSSR count). The number of methoxy groups -OCH3 is 1. The normalized spacial score (nSPS) is 12.7. The summed E-state index contributed by atoms with van der Waals surface area (Å²) in [6, 6.07) is 12.2. The maximum atomic E-state index is 9.31. The highest BCUT2D eigenvalue weighted by Crippen LogP contribution is 2.33. The number of hydrogen-bond acceptors (Lipinski definition) is 2. The largest absolute Gasteiger partial charge is 0.496 e. The summed E-state index contributed by atoms with van der Waals surface area (Å²) < 4.78 is 5.37. The van der Waals surface area contributed by atoms with Gasteiger partial charge in [-0.25, -0.2) is 0 Å². The molecule has 1 unspecified atom stereocenters. The van der Waals surface area contributed by atoms with Gasteiger partial charge in [0.1, 0.15) is 5.75 Å². The van der Waals surface area contributed by atoms with Crippen LogP contribution in [-0.4, -0.2) is 18.8 Å². The summed E-state index contributed by atoms with van der Waals surface area (Å²) in [5, 5.41) is 11.6. The van der Waals surface area contributed by atoms with Crippen molar-refractivity contribution in [2.75, 3.05) is 13.7 Å². The monoisotopic (exact) mass is 216 g/mol. The highest BCUT2D eigenvalue weighted by Gasteiger charge is 2.13. The molecule has 0 radical (unpaired) electrons. The van der Waals surface area contributed by atoms with Gasteiger partial charge in [0.2, 0.25) is 0 Å². The van der Waals surface area contributed by atoms with Gasteiger partial charge in [0.15, 0.2) is 0 Å². The van der Waals surface area contributed by atoms with E-state index >= 15 is 0 Å². The number of fused-ring (bicyclic) bond motifs is 1. The first-order valence-corrected chi connectivity index (χ1v) is 5.44. The van der Waals surface area contributed by atoms with Gasteiger partial charge in [-0.1, -0.05) is 37.3 Å². The maximum Gasteiger partial charge on any atom is 0.123 e. The average molecular weight is 216 g/mol. The van der Waals surface area contributed by atoms with Gasteiger partial charge in [-0.15, -0.1) is 0 Å². The molecule has 0 aliphatic heterocycles. The Labute approximate surface area is 95.5 Å². The fourth-order valence-corrected chi connectivity index (χ4v) is 2.05. The Hall–Kier alpha value is -1.54. The minimum absolute atomic E-state index is 0.0843. The summed E-state index contributed by atoms with van der Waals surface area (Å²) in [6.07, 6.45) is 0. The van der Waals surface area contributed by atoms with E-state index in [1.54, 1.807) is 7.11 Å². The molecule has 16 heavy (non-hydrogen) atoms. The van der Waals surface area contributed by atoms with E-state index in [0.717, 1.165) is 16.7 Å². The Morgan fingerprint density at radius 3 is 2.62 bits per heavy atom. The lowest BCUT2D eigenvalue weighted by Gasteiger charge is -2.16. The third kappa shape index (κ3) is 1.76. The molecular formula is C14H16O2. The van der Waals surface area contributed by atoms with Crippen LogP contribution < -0.4 is 4.74 Å². The Morgan fingerprint density at radius 1 is 1.19 bits per heavy atom. The van der Waals surface area contributed by atoms with Gasteiger partial charge in [0.05, 0.1) is 7.11 Å². The predicted octanol–water partition coefficient (Wildman–Crippen LogP) is 2.94. The summed E-state index contributed by atoms with van der Waals surface area (Å²) in [5.41, 5.74) is 1.09. The van der Waals surface area contributed by atoms with E-state index in [0.29, 0.717) is 0 Å². The van der Waals surface area contributed by atoms with Crippen molar-refractivity contribution in [3.8, 4) is 5.75 Å². The molecule has 2 nitrogen and oxygen atoms in total. The van der Waals surface area contributed by atoms with E-state index in [4.69, 9.17) is 4.74 Å². The molecule has 1 atom stereocenters. The molecule has 0 amide bonds. The molecule has 2 aromatic carbocycles. The van der Waals surface area contributed by atoms with Crippen molar-refractivity contribution in [3.05, 3.63) is 42.0 Å². The second kappa shape index (κ2) is 4.54. The summed E-state index contributed by atoms with van der Waals surface area (Å²) in [7, 11) is 1.66. The lowest BCUT2D eigenvalue weighted by atomic mass is 9.94. The number of ether oxygens (including phenoxy) is 1. The molecule has 0 fully saturated rings. The number of hydrogen-bond donors (Lipinski definition) is 1. The molecule has 0 saturated carbocycles. The number of aliphatic hydroxyl groups excluding tert-OH is 1. The van der Waals surface area contributed by atoms with Crippen molar-refractivity contribution < 1.29 is 9.84 Å². The van der Waals surface area contributed by atoms with Crippen LogP contribution in [0.1, 0.15) is 18.4 Å².